The third kappa shape index (κ3) is 3.17. The third-order valence-electron chi connectivity index (χ3n) is 4.31. The van der Waals surface area contributed by atoms with Crippen LogP contribution in [0.25, 0.3) is 0 Å². The van der Waals surface area contributed by atoms with Crippen LogP contribution >= 0.6 is 22.6 Å². The van der Waals surface area contributed by atoms with Gasteiger partial charge in [0.05, 0.1) is 24.4 Å². The number of halogens is 1. The number of hydrogen-bond acceptors (Lipinski definition) is 4. The summed E-state index contributed by atoms with van der Waals surface area (Å²) in [5.41, 5.74) is 1.31. The van der Waals surface area contributed by atoms with Crippen LogP contribution in [0.4, 0.5) is 0 Å². The van der Waals surface area contributed by atoms with Crippen molar-refractivity contribution >= 4 is 28.6 Å². The molecule has 1 fully saturated rings. The van der Waals surface area contributed by atoms with Gasteiger partial charge in [-0.3, -0.25) is 4.79 Å². The van der Waals surface area contributed by atoms with E-state index >= 15 is 0 Å². The van der Waals surface area contributed by atoms with Crippen LogP contribution in [0.3, 0.4) is 0 Å². The molecule has 1 aromatic carbocycles. The van der Waals surface area contributed by atoms with E-state index in [1.807, 2.05) is 38.1 Å². The molecule has 5 nitrogen and oxygen atoms in total. The van der Waals surface area contributed by atoms with Gasteiger partial charge in [-0.1, -0.05) is 12.1 Å². The molecule has 1 aromatic heterocycles. The van der Waals surface area contributed by atoms with Crippen LogP contribution in [-0.4, -0.2) is 27.7 Å². The highest BCUT2D eigenvalue weighted by Gasteiger charge is 2.60. The maximum Gasteiger partial charge on any atom is 0.307 e. The molecule has 2 atom stereocenters. The van der Waals surface area contributed by atoms with Gasteiger partial charge in [0.15, 0.2) is 5.75 Å². The summed E-state index contributed by atoms with van der Waals surface area (Å²) in [6.45, 7) is 4.01. The predicted molar refractivity (Wildman–Crippen MR) is 93.6 cm³/mol. The van der Waals surface area contributed by atoms with Crippen molar-refractivity contribution in [3.05, 3.63) is 51.1 Å². The zero-order valence-corrected chi connectivity index (χ0v) is 15.1. The lowest BCUT2D eigenvalue weighted by molar-refractivity contribution is -0.139. The highest BCUT2D eigenvalue weighted by molar-refractivity contribution is 14.1. The van der Waals surface area contributed by atoms with Gasteiger partial charge < -0.3 is 9.84 Å². The van der Waals surface area contributed by atoms with E-state index in [0.29, 0.717) is 24.6 Å². The largest absolute Gasteiger partial charge is 0.489 e. The first-order valence-corrected chi connectivity index (χ1v) is 8.42. The smallest absolute Gasteiger partial charge is 0.307 e. The van der Waals surface area contributed by atoms with Crippen LogP contribution in [0.1, 0.15) is 23.5 Å². The SMILES string of the molecule is Cc1ncc(OC[C@@]2(c3cccc(I)c3)C[C@H]2C(=O)O)c(C)n1. The summed E-state index contributed by atoms with van der Waals surface area (Å²) in [6, 6.07) is 7.96. The molecule has 6 heteroatoms. The van der Waals surface area contributed by atoms with Gasteiger partial charge in [0, 0.05) is 8.99 Å². The fourth-order valence-electron chi connectivity index (χ4n) is 2.91. The molecular formula is C17H17IN2O3. The molecule has 1 N–H and O–H groups in total. The van der Waals surface area contributed by atoms with Gasteiger partial charge in [-0.2, -0.15) is 0 Å². The number of ether oxygens (including phenoxy) is 1. The Bertz CT molecular complexity index is 765. The zero-order valence-electron chi connectivity index (χ0n) is 12.9. The first-order chi connectivity index (χ1) is 10.9. The fourth-order valence-corrected chi connectivity index (χ4v) is 3.45. The number of carbonyl (C=O) groups is 1. The zero-order chi connectivity index (χ0) is 16.6. The van der Waals surface area contributed by atoms with E-state index in [2.05, 4.69) is 32.6 Å². The molecule has 0 saturated heterocycles. The monoisotopic (exact) mass is 424 g/mol. The molecule has 0 radical (unpaired) electrons. The normalized spacial score (nSPS) is 22.7. The molecule has 1 heterocycles. The van der Waals surface area contributed by atoms with Gasteiger partial charge >= 0.3 is 5.97 Å². The van der Waals surface area contributed by atoms with Crippen LogP contribution in [0.2, 0.25) is 0 Å². The molecule has 2 aromatic rings. The average molecular weight is 424 g/mol. The Morgan fingerprint density at radius 1 is 1.48 bits per heavy atom. The summed E-state index contributed by atoms with van der Waals surface area (Å²) in [5, 5.41) is 9.43. The Morgan fingerprint density at radius 2 is 2.26 bits per heavy atom. The van der Waals surface area contributed by atoms with Crippen LogP contribution < -0.4 is 4.74 Å². The second kappa shape index (κ2) is 6.07. The second-order valence-electron chi connectivity index (χ2n) is 5.92. The first kappa shape index (κ1) is 16.2. The summed E-state index contributed by atoms with van der Waals surface area (Å²) in [6.07, 6.45) is 2.24. The van der Waals surface area contributed by atoms with Gasteiger partial charge in [0.1, 0.15) is 5.82 Å². The van der Waals surface area contributed by atoms with Crippen LogP contribution in [0.5, 0.6) is 5.75 Å². The van der Waals surface area contributed by atoms with Gasteiger partial charge in [-0.25, -0.2) is 9.97 Å². The molecule has 0 unspecified atom stereocenters. The van der Waals surface area contributed by atoms with Crippen molar-refractivity contribution in [3.63, 3.8) is 0 Å². The fraction of sp³-hybridized carbons (Fsp3) is 0.353. The van der Waals surface area contributed by atoms with E-state index in [0.717, 1.165) is 14.8 Å². The van der Waals surface area contributed by atoms with Crippen molar-refractivity contribution < 1.29 is 14.6 Å². The lowest BCUT2D eigenvalue weighted by atomic mass is 9.94. The van der Waals surface area contributed by atoms with E-state index < -0.39 is 17.3 Å². The van der Waals surface area contributed by atoms with Gasteiger partial charge in [-0.05, 0) is 60.6 Å². The maximum absolute atomic E-state index is 11.5. The van der Waals surface area contributed by atoms with Gasteiger partial charge in [-0.15, -0.1) is 0 Å². The Morgan fingerprint density at radius 3 is 2.87 bits per heavy atom. The topological polar surface area (TPSA) is 72.3 Å². The number of carboxylic acids is 1. The Balaban J connectivity index is 1.85. The minimum absolute atomic E-state index is 0.317. The number of rotatable bonds is 5. The average Bonchev–Trinajstić information content (AvgIpc) is 3.23. The van der Waals surface area contributed by atoms with Crippen molar-refractivity contribution in [2.24, 2.45) is 5.92 Å². The highest BCUT2D eigenvalue weighted by atomic mass is 127. The van der Waals surface area contributed by atoms with Gasteiger partial charge in [0.2, 0.25) is 0 Å². The molecule has 23 heavy (non-hydrogen) atoms. The van der Waals surface area contributed by atoms with Crippen molar-refractivity contribution in [1.82, 2.24) is 9.97 Å². The van der Waals surface area contributed by atoms with Crippen LogP contribution in [0.15, 0.2) is 30.5 Å². The Hall–Kier alpha value is -1.70. The summed E-state index contributed by atoms with van der Waals surface area (Å²) in [4.78, 5) is 19.9. The van der Waals surface area contributed by atoms with Crippen molar-refractivity contribution in [2.75, 3.05) is 6.61 Å². The molecule has 1 saturated carbocycles. The Kier molecular flexibility index (Phi) is 4.27. The lowest BCUT2D eigenvalue weighted by Gasteiger charge is -2.19. The molecule has 1 aliphatic carbocycles. The minimum Gasteiger partial charge on any atom is -0.489 e. The summed E-state index contributed by atoms with van der Waals surface area (Å²) >= 11 is 2.24. The van der Waals surface area contributed by atoms with E-state index in [1.54, 1.807) is 6.20 Å². The van der Waals surface area contributed by atoms with Crippen molar-refractivity contribution in [2.45, 2.75) is 25.7 Å². The standard InChI is InChI=1S/C17H17IN2O3/c1-10-15(8-19-11(2)20-10)23-9-17(7-14(17)16(21)22)12-4-3-5-13(18)6-12/h3-6,8,14H,7,9H2,1-2H3,(H,21,22)/t14-,17+/m0/s1. The number of carboxylic acid groups (broad SMARTS) is 1. The van der Waals surface area contributed by atoms with Crippen molar-refractivity contribution in [1.29, 1.82) is 0 Å². The number of aliphatic carboxylic acids is 1. The maximum atomic E-state index is 11.5. The van der Waals surface area contributed by atoms with Crippen LogP contribution in [-0.2, 0) is 10.2 Å². The second-order valence-corrected chi connectivity index (χ2v) is 7.16. The molecular weight excluding hydrogens is 407 g/mol. The third-order valence-corrected chi connectivity index (χ3v) is 4.98. The summed E-state index contributed by atoms with van der Waals surface area (Å²) in [7, 11) is 0. The molecule has 0 bridgehead atoms. The first-order valence-electron chi connectivity index (χ1n) is 7.34. The predicted octanol–water partition coefficient (Wildman–Crippen LogP) is 3.12. The summed E-state index contributed by atoms with van der Waals surface area (Å²) < 4.78 is 6.99. The molecule has 1 aliphatic rings. The quantitative estimate of drug-likeness (QED) is 0.747. The molecule has 0 spiro atoms. The number of nitrogens with zero attached hydrogens (tertiary/aromatic N) is 2. The number of benzene rings is 1. The van der Waals surface area contributed by atoms with E-state index in [1.165, 1.54) is 0 Å². The Labute approximate surface area is 148 Å². The minimum atomic E-state index is -0.774. The molecule has 0 aliphatic heterocycles. The number of aromatic nitrogens is 2. The molecule has 120 valence electrons. The van der Waals surface area contributed by atoms with Crippen LogP contribution in [0, 0.1) is 23.3 Å². The lowest BCUT2D eigenvalue weighted by Crippen LogP contribution is -2.24. The van der Waals surface area contributed by atoms with E-state index in [-0.39, 0.29) is 0 Å². The number of hydrogen-bond donors (Lipinski definition) is 1. The van der Waals surface area contributed by atoms with E-state index in [4.69, 9.17) is 4.74 Å². The molecule has 3 rings (SSSR count). The highest BCUT2D eigenvalue weighted by Crippen LogP contribution is 2.54. The summed E-state index contributed by atoms with van der Waals surface area (Å²) in [5.74, 6) is 0.116. The van der Waals surface area contributed by atoms with E-state index in [9.17, 15) is 9.90 Å². The molecule has 0 amide bonds. The van der Waals surface area contributed by atoms with Crippen molar-refractivity contribution in [3.8, 4) is 5.75 Å². The van der Waals surface area contributed by atoms with Gasteiger partial charge in [0.25, 0.3) is 0 Å². The number of aryl methyl sites for hydroxylation is 2.